The summed E-state index contributed by atoms with van der Waals surface area (Å²) in [7, 11) is 0. The first-order valence-corrected chi connectivity index (χ1v) is 6.59. The number of hydrogen-bond donors (Lipinski definition) is 3. The number of aryl methyl sites for hydroxylation is 1. The van der Waals surface area contributed by atoms with Gasteiger partial charge >= 0.3 is 12.0 Å². The fourth-order valence-electron chi connectivity index (χ4n) is 2.07. The Hall–Kier alpha value is -1.63. The van der Waals surface area contributed by atoms with E-state index < -0.39 is 5.97 Å². The first-order chi connectivity index (χ1) is 8.54. The first-order valence-electron chi connectivity index (χ1n) is 5.77. The summed E-state index contributed by atoms with van der Waals surface area (Å²) in [6, 6.07) is -0.382. The van der Waals surface area contributed by atoms with Crippen LogP contribution in [0.25, 0.3) is 0 Å². The van der Waals surface area contributed by atoms with Crippen molar-refractivity contribution in [1.29, 1.82) is 0 Å². The molecule has 3 N–H and O–H groups in total. The van der Waals surface area contributed by atoms with E-state index in [1.807, 2.05) is 6.92 Å². The van der Waals surface area contributed by atoms with Gasteiger partial charge in [-0.25, -0.2) is 9.78 Å². The fraction of sp³-hybridized carbons (Fsp3) is 0.545. The number of nitrogens with zero attached hydrogens (tertiary/aromatic N) is 1. The van der Waals surface area contributed by atoms with E-state index in [0.717, 1.165) is 4.88 Å². The minimum Gasteiger partial charge on any atom is -0.481 e. The smallest absolute Gasteiger partial charge is 0.321 e. The number of thiazole rings is 1. The number of aromatic nitrogens is 1. The molecule has 0 saturated heterocycles. The summed E-state index contributed by atoms with van der Waals surface area (Å²) in [4.78, 5) is 27.5. The summed E-state index contributed by atoms with van der Waals surface area (Å²) >= 11 is 1.40. The van der Waals surface area contributed by atoms with Gasteiger partial charge < -0.3 is 10.4 Å². The van der Waals surface area contributed by atoms with Crippen LogP contribution >= 0.6 is 11.3 Å². The predicted molar refractivity (Wildman–Crippen MR) is 67.8 cm³/mol. The topological polar surface area (TPSA) is 91.3 Å². The normalized spacial score (nSPS) is 22.7. The van der Waals surface area contributed by atoms with Gasteiger partial charge in [0.05, 0.1) is 5.92 Å². The molecule has 2 amide bonds. The van der Waals surface area contributed by atoms with Gasteiger partial charge in [0.15, 0.2) is 5.13 Å². The molecule has 1 aromatic heterocycles. The maximum absolute atomic E-state index is 11.7. The number of amides is 2. The van der Waals surface area contributed by atoms with Crippen molar-refractivity contribution in [3.05, 3.63) is 11.1 Å². The van der Waals surface area contributed by atoms with Crippen LogP contribution in [0.1, 0.15) is 24.1 Å². The number of aliphatic carboxylic acids is 1. The zero-order chi connectivity index (χ0) is 13.1. The zero-order valence-electron chi connectivity index (χ0n) is 9.97. The second kappa shape index (κ2) is 5.34. The molecular formula is C11H15N3O3S. The summed E-state index contributed by atoms with van der Waals surface area (Å²) in [6.45, 7) is 1.91. The Balaban J connectivity index is 1.80. The van der Waals surface area contributed by atoms with Gasteiger partial charge in [-0.2, -0.15) is 0 Å². The molecule has 0 radical (unpaired) electrons. The van der Waals surface area contributed by atoms with Crippen LogP contribution in [-0.2, 0) is 4.79 Å². The second-order valence-electron chi connectivity index (χ2n) is 4.42. The highest BCUT2D eigenvalue weighted by Gasteiger charge is 2.30. The molecule has 1 aromatic rings. The Morgan fingerprint density at radius 1 is 1.50 bits per heavy atom. The molecule has 6 nitrogen and oxygen atoms in total. The molecule has 1 fully saturated rings. The van der Waals surface area contributed by atoms with Crippen molar-refractivity contribution in [3.63, 3.8) is 0 Å². The van der Waals surface area contributed by atoms with Crippen LogP contribution in [-0.4, -0.2) is 28.1 Å². The lowest BCUT2D eigenvalue weighted by molar-refractivity contribution is -0.141. The third kappa shape index (κ3) is 3.19. The lowest BCUT2D eigenvalue weighted by Crippen LogP contribution is -2.36. The molecule has 1 saturated carbocycles. The van der Waals surface area contributed by atoms with Gasteiger partial charge in [0.1, 0.15) is 0 Å². The molecule has 2 rings (SSSR count). The van der Waals surface area contributed by atoms with E-state index in [2.05, 4.69) is 15.6 Å². The van der Waals surface area contributed by atoms with E-state index in [1.54, 1.807) is 6.20 Å². The lowest BCUT2D eigenvalue weighted by atomic mass is 10.1. The molecule has 1 aliphatic rings. The summed E-state index contributed by atoms with van der Waals surface area (Å²) in [5.74, 6) is -1.12. The highest BCUT2D eigenvalue weighted by Crippen LogP contribution is 2.25. The van der Waals surface area contributed by atoms with Crippen molar-refractivity contribution < 1.29 is 14.7 Å². The van der Waals surface area contributed by atoms with Gasteiger partial charge in [-0.1, -0.05) is 0 Å². The minimum atomic E-state index is -0.782. The van der Waals surface area contributed by atoms with E-state index in [0.29, 0.717) is 24.4 Å². The van der Waals surface area contributed by atoms with Crippen LogP contribution in [0.4, 0.5) is 9.93 Å². The zero-order valence-corrected chi connectivity index (χ0v) is 10.8. The predicted octanol–water partition coefficient (Wildman–Crippen LogP) is 1.83. The van der Waals surface area contributed by atoms with Gasteiger partial charge in [0.2, 0.25) is 0 Å². The molecule has 0 bridgehead atoms. The second-order valence-corrected chi connectivity index (χ2v) is 5.65. The number of hydrogen-bond acceptors (Lipinski definition) is 4. The maximum atomic E-state index is 11.7. The quantitative estimate of drug-likeness (QED) is 0.780. The summed E-state index contributed by atoms with van der Waals surface area (Å²) < 4.78 is 0. The fourth-order valence-corrected chi connectivity index (χ4v) is 2.73. The molecule has 1 heterocycles. The van der Waals surface area contributed by atoms with E-state index in [1.165, 1.54) is 11.3 Å². The van der Waals surface area contributed by atoms with Crippen LogP contribution in [0.2, 0.25) is 0 Å². The molecule has 2 atom stereocenters. The van der Waals surface area contributed by atoms with Gasteiger partial charge in [-0.3, -0.25) is 10.1 Å². The SMILES string of the molecule is Cc1cnc(NC(=O)NC2CCC(C(=O)O)C2)s1. The van der Waals surface area contributed by atoms with E-state index in [9.17, 15) is 9.59 Å². The Bertz CT molecular complexity index is 460. The molecular weight excluding hydrogens is 254 g/mol. The van der Waals surface area contributed by atoms with Crippen LogP contribution in [0.3, 0.4) is 0 Å². The lowest BCUT2D eigenvalue weighted by Gasteiger charge is -2.12. The highest BCUT2D eigenvalue weighted by atomic mass is 32.1. The highest BCUT2D eigenvalue weighted by molar-refractivity contribution is 7.15. The molecule has 1 aliphatic carbocycles. The molecule has 7 heteroatoms. The van der Waals surface area contributed by atoms with E-state index in [4.69, 9.17) is 5.11 Å². The largest absolute Gasteiger partial charge is 0.481 e. The Morgan fingerprint density at radius 3 is 2.83 bits per heavy atom. The number of nitrogens with one attached hydrogen (secondary N) is 2. The number of anilines is 1. The Labute approximate surface area is 108 Å². The first kappa shape index (κ1) is 12.8. The van der Waals surface area contributed by atoms with Crippen LogP contribution in [0.5, 0.6) is 0 Å². The number of rotatable bonds is 3. The standard InChI is InChI=1S/C11H15N3O3S/c1-6-5-12-11(18-6)14-10(17)13-8-3-2-7(4-8)9(15)16/h5,7-8H,2-4H2,1H3,(H,15,16)(H2,12,13,14,17). The maximum Gasteiger partial charge on any atom is 0.321 e. The average molecular weight is 269 g/mol. The molecule has 18 heavy (non-hydrogen) atoms. The summed E-state index contributed by atoms with van der Waals surface area (Å²) in [5.41, 5.74) is 0. The van der Waals surface area contributed by atoms with Gasteiger partial charge in [0.25, 0.3) is 0 Å². The van der Waals surface area contributed by atoms with Crippen LogP contribution in [0.15, 0.2) is 6.20 Å². The molecule has 0 aliphatic heterocycles. The molecule has 0 aromatic carbocycles. The number of carbonyl (C=O) groups excluding carboxylic acids is 1. The van der Waals surface area contributed by atoms with Crippen molar-refractivity contribution in [2.24, 2.45) is 5.92 Å². The van der Waals surface area contributed by atoms with Gasteiger partial charge in [0, 0.05) is 17.1 Å². The number of carboxylic acids is 1. The Morgan fingerprint density at radius 2 is 2.28 bits per heavy atom. The third-order valence-corrected chi connectivity index (χ3v) is 3.79. The number of carbonyl (C=O) groups is 2. The van der Waals surface area contributed by atoms with Crippen molar-refractivity contribution in [2.75, 3.05) is 5.32 Å². The van der Waals surface area contributed by atoms with Crippen LogP contribution < -0.4 is 10.6 Å². The number of carboxylic acid groups (broad SMARTS) is 1. The molecule has 0 spiro atoms. The van der Waals surface area contributed by atoms with E-state index >= 15 is 0 Å². The van der Waals surface area contributed by atoms with Crippen molar-refractivity contribution in [1.82, 2.24) is 10.3 Å². The summed E-state index contributed by atoms with van der Waals surface area (Å²) in [5, 5.41) is 14.8. The van der Waals surface area contributed by atoms with Crippen molar-refractivity contribution in [2.45, 2.75) is 32.2 Å². The van der Waals surface area contributed by atoms with Crippen LogP contribution in [0, 0.1) is 12.8 Å². The minimum absolute atomic E-state index is 0.0628. The van der Waals surface area contributed by atoms with Gasteiger partial charge in [-0.15, -0.1) is 11.3 Å². The summed E-state index contributed by atoms with van der Waals surface area (Å²) in [6.07, 6.45) is 3.52. The number of urea groups is 1. The third-order valence-electron chi connectivity index (χ3n) is 2.96. The molecule has 98 valence electrons. The van der Waals surface area contributed by atoms with Crippen molar-refractivity contribution >= 4 is 28.5 Å². The average Bonchev–Trinajstić information content (AvgIpc) is 2.88. The van der Waals surface area contributed by atoms with Crippen molar-refractivity contribution in [3.8, 4) is 0 Å². The van der Waals surface area contributed by atoms with Gasteiger partial charge in [-0.05, 0) is 26.2 Å². The van der Waals surface area contributed by atoms with E-state index in [-0.39, 0.29) is 18.0 Å². The molecule has 2 unspecified atom stereocenters. The Kier molecular flexibility index (Phi) is 3.81. The monoisotopic (exact) mass is 269 g/mol.